The lowest BCUT2D eigenvalue weighted by molar-refractivity contribution is 0.0526. The molecule has 1 aromatic carbocycles. The van der Waals surface area contributed by atoms with Gasteiger partial charge in [-0.2, -0.15) is 5.10 Å². The molecule has 2 heterocycles. The van der Waals surface area contributed by atoms with E-state index < -0.39 is 0 Å². The Bertz CT molecular complexity index is 784. The summed E-state index contributed by atoms with van der Waals surface area (Å²) in [5.41, 5.74) is 2.95. The third-order valence-electron chi connectivity index (χ3n) is 3.08. The van der Waals surface area contributed by atoms with E-state index in [1.54, 1.807) is 42.2 Å². The van der Waals surface area contributed by atoms with E-state index in [4.69, 9.17) is 4.74 Å². The average Bonchev–Trinajstić information content (AvgIpc) is 3.06. The zero-order valence-electron chi connectivity index (χ0n) is 12.0. The highest BCUT2D eigenvalue weighted by molar-refractivity contribution is 5.90. The molecule has 6 heteroatoms. The van der Waals surface area contributed by atoms with Crippen LogP contribution in [0.5, 0.6) is 0 Å². The van der Waals surface area contributed by atoms with Crippen LogP contribution in [-0.2, 0) is 4.74 Å². The van der Waals surface area contributed by atoms with Crippen molar-refractivity contribution in [2.24, 2.45) is 0 Å². The maximum Gasteiger partial charge on any atom is 0.338 e. The van der Waals surface area contributed by atoms with Crippen LogP contribution in [0.2, 0.25) is 0 Å². The van der Waals surface area contributed by atoms with Gasteiger partial charge in [-0.25, -0.2) is 19.4 Å². The molecule has 0 aliphatic carbocycles. The Kier molecular flexibility index (Phi) is 3.91. The fourth-order valence-corrected chi connectivity index (χ4v) is 2.05. The molecule has 0 aliphatic rings. The van der Waals surface area contributed by atoms with Crippen molar-refractivity contribution in [1.29, 1.82) is 0 Å². The molecule has 3 aromatic rings. The molecule has 3 rings (SSSR count). The van der Waals surface area contributed by atoms with E-state index in [1.165, 1.54) is 6.33 Å². The third kappa shape index (κ3) is 2.85. The van der Waals surface area contributed by atoms with Crippen LogP contribution in [0, 0.1) is 0 Å². The van der Waals surface area contributed by atoms with Crippen molar-refractivity contribution in [3.8, 4) is 16.9 Å². The van der Waals surface area contributed by atoms with Crippen LogP contribution < -0.4 is 0 Å². The molecular weight excluding hydrogens is 280 g/mol. The van der Waals surface area contributed by atoms with Crippen LogP contribution in [-0.4, -0.2) is 32.3 Å². The van der Waals surface area contributed by atoms with Crippen LogP contribution in [0.15, 0.2) is 55.2 Å². The number of carbonyl (C=O) groups is 1. The molecule has 0 saturated carbocycles. The second kappa shape index (κ2) is 6.17. The van der Waals surface area contributed by atoms with Gasteiger partial charge >= 0.3 is 5.97 Å². The van der Waals surface area contributed by atoms with Crippen LogP contribution >= 0.6 is 0 Å². The van der Waals surface area contributed by atoms with E-state index in [0.717, 1.165) is 16.9 Å². The predicted molar refractivity (Wildman–Crippen MR) is 80.5 cm³/mol. The highest BCUT2D eigenvalue weighted by Gasteiger charge is 2.09. The van der Waals surface area contributed by atoms with Gasteiger partial charge in [0, 0.05) is 18.0 Å². The van der Waals surface area contributed by atoms with Gasteiger partial charge in [-0.05, 0) is 31.2 Å². The summed E-state index contributed by atoms with van der Waals surface area (Å²) in [5.74, 6) is -0.340. The number of hydrogen-bond donors (Lipinski definition) is 0. The van der Waals surface area contributed by atoms with E-state index >= 15 is 0 Å². The standard InChI is InChI=1S/C16H14N4O2/c1-2-22-16(21)12-4-3-5-14(8-12)20-10-13(9-19-20)15-6-7-17-11-18-15/h3-11H,2H2,1H3. The zero-order valence-corrected chi connectivity index (χ0v) is 12.0. The summed E-state index contributed by atoms with van der Waals surface area (Å²) in [5, 5.41) is 4.31. The zero-order chi connectivity index (χ0) is 15.4. The molecule has 6 nitrogen and oxygen atoms in total. The first-order valence-corrected chi connectivity index (χ1v) is 6.86. The molecule has 0 amide bonds. The maximum atomic E-state index is 11.8. The van der Waals surface area contributed by atoms with Crippen LogP contribution in [0.1, 0.15) is 17.3 Å². The molecule has 0 unspecified atom stereocenters. The lowest BCUT2D eigenvalue weighted by Gasteiger charge is -2.05. The lowest BCUT2D eigenvalue weighted by atomic mass is 10.2. The monoisotopic (exact) mass is 294 g/mol. The van der Waals surface area contributed by atoms with Gasteiger partial charge in [0.15, 0.2) is 0 Å². The van der Waals surface area contributed by atoms with Crippen LogP contribution in [0.4, 0.5) is 0 Å². The van der Waals surface area contributed by atoms with Gasteiger partial charge in [-0.1, -0.05) is 6.07 Å². The van der Waals surface area contributed by atoms with Crippen molar-refractivity contribution in [3.05, 3.63) is 60.8 Å². The van der Waals surface area contributed by atoms with Gasteiger partial charge in [-0.3, -0.25) is 0 Å². The first kappa shape index (κ1) is 13.9. The Morgan fingerprint density at radius 3 is 3.00 bits per heavy atom. The predicted octanol–water partition coefficient (Wildman–Crippen LogP) is 2.51. The van der Waals surface area contributed by atoms with E-state index in [1.807, 2.05) is 18.3 Å². The highest BCUT2D eigenvalue weighted by atomic mass is 16.5. The maximum absolute atomic E-state index is 11.8. The largest absolute Gasteiger partial charge is 0.462 e. The van der Waals surface area contributed by atoms with Gasteiger partial charge in [0.2, 0.25) is 0 Å². The van der Waals surface area contributed by atoms with Gasteiger partial charge in [0.1, 0.15) is 6.33 Å². The molecule has 0 radical (unpaired) electrons. The summed E-state index contributed by atoms with van der Waals surface area (Å²) in [6.07, 6.45) is 6.75. The number of carbonyl (C=O) groups excluding carboxylic acids is 1. The fraction of sp³-hybridized carbons (Fsp3) is 0.125. The Labute approximate surface area is 127 Å². The van der Waals surface area contributed by atoms with E-state index in [0.29, 0.717) is 12.2 Å². The Morgan fingerprint density at radius 1 is 1.32 bits per heavy atom. The van der Waals surface area contributed by atoms with Crippen molar-refractivity contribution in [1.82, 2.24) is 19.7 Å². The number of rotatable bonds is 4. The smallest absolute Gasteiger partial charge is 0.338 e. The highest BCUT2D eigenvalue weighted by Crippen LogP contribution is 2.18. The van der Waals surface area contributed by atoms with Crippen LogP contribution in [0.25, 0.3) is 16.9 Å². The number of hydrogen-bond acceptors (Lipinski definition) is 5. The molecule has 0 saturated heterocycles. The second-order valence-electron chi connectivity index (χ2n) is 4.54. The molecule has 0 atom stereocenters. The Morgan fingerprint density at radius 2 is 2.23 bits per heavy atom. The average molecular weight is 294 g/mol. The molecule has 0 N–H and O–H groups in total. The number of aromatic nitrogens is 4. The minimum Gasteiger partial charge on any atom is -0.462 e. The number of nitrogens with zero attached hydrogens (tertiary/aromatic N) is 4. The van der Waals surface area contributed by atoms with E-state index in [9.17, 15) is 4.79 Å². The molecule has 2 aromatic heterocycles. The van der Waals surface area contributed by atoms with E-state index in [2.05, 4.69) is 15.1 Å². The summed E-state index contributed by atoms with van der Waals surface area (Å²) in [4.78, 5) is 19.9. The molecule has 0 aliphatic heterocycles. The summed E-state index contributed by atoms with van der Waals surface area (Å²) < 4.78 is 6.70. The molecule has 0 spiro atoms. The third-order valence-corrected chi connectivity index (χ3v) is 3.08. The normalized spacial score (nSPS) is 10.4. The Hall–Kier alpha value is -3.02. The summed E-state index contributed by atoms with van der Waals surface area (Å²) in [6.45, 7) is 2.13. The number of ether oxygens (including phenoxy) is 1. The van der Waals surface area contributed by atoms with Gasteiger partial charge in [0.25, 0.3) is 0 Å². The molecule has 0 bridgehead atoms. The fourth-order valence-electron chi connectivity index (χ4n) is 2.05. The quantitative estimate of drug-likeness (QED) is 0.691. The SMILES string of the molecule is CCOC(=O)c1cccc(-n2cc(-c3ccncn3)cn2)c1. The van der Waals surface area contributed by atoms with Crippen molar-refractivity contribution in [3.63, 3.8) is 0 Å². The van der Waals surface area contributed by atoms with Crippen molar-refractivity contribution in [2.45, 2.75) is 6.92 Å². The minimum atomic E-state index is -0.340. The lowest BCUT2D eigenvalue weighted by Crippen LogP contribution is -2.05. The summed E-state index contributed by atoms with van der Waals surface area (Å²) >= 11 is 0. The number of esters is 1. The molecule has 110 valence electrons. The van der Waals surface area contributed by atoms with Crippen molar-refractivity contribution >= 4 is 5.97 Å². The van der Waals surface area contributed by atoms with Crippen LogP contribution in [0.3, 0.4) is 0 Å². The first-order valence-electron chi connectivity index (χ1n) is 6.86. The molecule has 22 heavy (non-hydrogen) atoms. The minimum absolute atomic E-state index is 0.340. The summed E-state index contributed by atoms with van der Waals surface area (Å²) in [7, 11) is 0. The summed E-state index contributed by atoms with van der Waals surface area (Å²) in [6, 6.07) is 8.95. The topological polar surface area (TPSA) is 69.9 Å². The molecular formula is C16H14N4O2. The first-order chi connectivity index (χ1) is 10.8. The van der Waals surface area contributed by atoms with Crippen molar-refractivity contribution < 1.29 is 9.53 Å². The molecule has 0 fully saturated rings. The second-order valence-corrected chi connectivity index (χ2v) is 4.54. The van der Waals surface area contributed by atoms with E-state index in [-0.39, 0.29) is 5.97 Å². The van der Waals surface area contributed by atoms with Gasteiger partial charge in [-0.15, -0.1) is 0 Å². The van der Waals surface area contributed by atoms with Gasteiger partial charge in [0.05, 0.1) is 29.7 Å². The van der Waals surface area contributed by atoms with Crippen molar-refractivity contribution in [2.75, 3.05) is 6.61 Å². The van der Waals surface area contributed by atoms with Gasteiger partial charge < -0.3 is 4.74 Å². The number of benzene rings is 1. The Balaban J connectivity index is 1.91.